The Labute approximate surface area is 119 Å². The van der Waals surface area contributed by atoms with Crippen LogP contribution in [0, 0.1) is 12.8 Å². The number of sulfonamides is 1. The zero-order chi connectivity index (χ0) is 14.8. The average molecular weight is 302 g/mol. The maximum atomic E-state index is 12.3. The lowest BCUT2D eigenvalue weighted by atomic mass is 10.1. The molecule has 0 saturated carbocycles. The van der Waals surface area contributed by atoms with Gasteiger partial charge in [-0.3, -0.25) is 5.10 Å². The van der Waals surface area contributed by atoms with Crippen molar-refractivity contribution in [1.29, 1.82) is 0 Å². The third-order valence-corrected chi connectivity index (χ3v) is 5.38. The van der Waals surface area contributed by atoms with Crippen molar-refractivity contribution < 1.29 is 13.5 Å². The molecule has 20 heavy (non-hydrogen) atoms. The minimum Gasteiger partial charge on any atom is -0.390 e. The van der Waals surface area contributed by atoms with E-state index in [0.29, 0.717) is 18.2 Å². The van der Waals surface area contributed by atoms with Gasteiger partial charge < -0.3 is 10.0 Å². The summed E-state index contributed by atoms with van der Waals surface area (Å²) in [6.07, 6.45) is 1.01. The molecule has 2 rings (SSSR count). The van der Waals surface area contributed by atoms with Gasteiger partial charge in [0.15, 0.2) is 0 Å². The summed E-state index contributed by atoms with van der Waals surface area (Å²) in [4.78, 5) is 2.38. The van der Waals surface area contributed by atoms with Gasteiger partial charge in [-0.15, -0.1) is 0 Å². The molecule has 1 unspecified atom stereocenters. The molecule has 7 nitrogen and oxygen atoms in total. The molecule has 114 valence electrons. The molecule has 1 saturated heterocycles. The Bertz CT molecular complexity index is 555. The van der Waals surface area contributed by atoms with Gasteiger partial charge in [0.2, 0.25) is 10.0 Å². The van der Waals surface area contributed by atoms with Crippen LogP contribution in [0.3, 0.4) is 0 Å². The fourth-order valence-corrected chi connectivity index (χ4v) is 4.07. The summed E-state index contributed by atoms with van der Waals surface area (Å²) in [6.45, 7) is 6.72. The van der Waals surface area contributed by atoms with E-state index in [1.54, 1.807) is 6.92 Å². The van der Waals surface area contributed by atoms with Gasteiger partial charge in [0, 0.05) is 13.1 Å². The topological polar surface area (TPSA) is 98.3 Å². The summed E-state index contributed by atoms with van der Waals surface area (Å²) in [7, 11) is -3.62. The Kier molecular flexibility index (Phi) is 4.79. The van der Waals surface area contributed by atoms with E-state index in [-0.39, 0.29) is 10.6 Å². The monoisotopic (exact) mass is 302 g/mol. The smallest absolute Gasteiger partial charge is 0.244 e. The molecule has 1 aliphatic heterocycles. The van der Waals surface area contributed by atoms with Crippen LogP contribution in [0.4, 0.5) is 0 Å². The Morgan fingerprint density at radius 3 is 2.90 bits per heavy atom. The van der Waals surface area contributed by atoms with Crippen molar-refractivity contribution in [3.05, 3.63) is 11.4 Å². The maximum Gasteiger partial charge on any atom is 0.244 e. The maximum absolute atomic E-state index is 12.3. The molecule has 0 amide bonds. The zero-order valence-electron chi connectivity index (χ0n) is 11.9. The van der Waals surface area contributed by atoms with Crippen molar-refractivity contribution in [2.24, 2.45) is 5.92 Å². The van der Waals surface area contributed by atoms with E-state index < -0.39 is 16.6 Å². The van der Waals surface area contributed by atoms with Gasteiger partial charge in [-0.2, -0.15) is 5.10 Å². The first kappa shape index (κ1) is 15.4. The molecule has 2 heterocycles. The van der Waals surface area contributed by atoms with Gasteiger partial charge in [0.05, 0.1) is 12.3 Å². The number of rotatable bonds is 6. The number of aromatic nitrogens is 2. The van der Waals surface area contributed by atoms with Gasteiger partial charge in [-0.05, 0) is 32.4 Å². The van der Waals surface area contributed by atoms with Gasteiger partial charge in [-0.1, -0.05) is 6.92 Å². The lowest BCUT2D eigenvalue weighted by molar-refractivity contribution is 0.273. The third kappa shape index (κ3) is 3.20. The van der Waals surface area contributed by atoms with E-state index in [9.17, 15) is 8.42 Å². The number of nitrogens with one attached hydrogen (secondary N) is 2. The predicted octanol–water partition coefficient (Wildman–Crippen LogP) is -0.169. The molecule has 8 heteroatoms. The molecule has 0 aliphatic carbocycles. The van der Waals surface area contributed by atoms with Crippen LogP contribution in [0.1, 0.15) is 24.7 Å². The van der Waals surface area contributed by atoms with Crippen LogP contribution >= 0.6 is 0 Å². The minimum absolute atomic E-state index is 0.0744. The Morgan fingerprint density at radius 1 is 1.55 bits per heavy atom. The summed E-state index contributed by atoms with van der Waals surface area (Å²) >= 11 is 0. The molecule has 3 N–H and O–H groups in total. The molecular weight excluding hydrogens is 280 g/mol. The Hall–Kier alpha value is -0.960. The zero-order valence-corrected chi connectivity index (χ0v) is 12.7. The van der Waals surface area contributed by atoms with Crippen LogP contribution in [0.15, 0.2) is 4.90 Å². The molecule has 0 bridgehead atoms. The highest BCUT2D eigenvalue weighted by molar-refractivity contribution is 7.89. The predicted molar refractivity (Wildman–Crippen MR) is 74.7 cm³/mol. The summed E-state index contributed by atoms with van der Waals surface area (Å²) in [6, 6.07) is 0. The highest BCUT2D eigenvalue weighted by Gasteiger charge is 2.27. The second kappa shape index (κ2) is 6.21. The molecule has 1 aromatic rings. The molecule has 0 spiro atoms. The number of hydrogen-bond donors (Lipinski definition) is 3. The first-order chi connectivity index (χ1) is 9.47. The number of aliphatic hydroxyl groups is 1. The van der Waals surface area contributed by atoms with Crippen LogP contribution < -0.4 is 4.72 Å². The molecule has 0 radical (unpaired) electrons. The summed E-state index contributed by atoms with van der Waals surface area (Å²) in [5, 5.41) is 15.6. The van der Waals surface area contributed by atoms with E-state index in [4.69, 9.17) is 5.11 Å². The van der Waals surface area contributed by atoms with Crippen molar-refractivity contribution in [3.63, 3.8) is 0 Å². The normalized spacial score (nSPS) is 20.6. The van der Waals surface area contributed by atoms with Crippen molar-refractivity contribution >= 4 is 10.0 Å². The van der Waals surface area contributed by atoms with Crippen molar-refractivity contribution in [2.75, 3.05) is 26.2 Å². The number of aliphatic hydroxyl groups excluding tert-OH is 1. The molecule has 1 aliphatic rings. The van der Waals surface area contributed by atoms with Crippen LogP contribution in [0.2, 0.25) is 0 Å². The second-order valence-electron chi connectivity index (χ2n) is 5.18. The molecule has 1 fully saturated rings. The van der Waals surface area contributed by atoms with Crippen molar-refractivity contribution in [3.8, 4) is 0 Å². The summed E-state index contributed by atoms with van der Waals surface area (Å²) < 4.78 is 27.2. The van der Waals surface area contributed by atoms with E-state index in [0.717, 1.165) is 26.1 Å². The first-order valence-electron chi connectivity index (χ1n) is 6.84. The van der Waals surface area contributed by atoms with Crippen LogP contribution in [0.5, 0.6) is 0 Å². The number of aryl methyl sites for hydroxylation is 1. The SMILES string of the molecule is CCN1CCC(CNS(=O)(=O)c2c(CO)n[nH]c2C)C1. The van der Waals surface area contributed by atoms with Gasteiger partial charge in [0.1, 0.15) is 10.6 Å². The molecular formula is C12H22N4O3S. The highest BCUT2D eigenvalue weighted by atomic mass is 32.2. The average Bonchev–Trinajstić information content (AvgIpc) is 3.02. The molecule has 1 aromatic heterocycles. The van der Waals surface area contributed by atoms with Crippen LogP contribution in [-0.2, 0) is 16.6 Å². The number of likely N-dealkylation sites (tertiary alicyclic amines) is 1. The number of nitrogens with zero attached hydrogens (tertiary/aromatic N) is 2. The quantitative estimate of drug-likeness (QED) is 0.678. The summed E-state index contributed by atoms with van der Waals surface area (Å²) in [5.41, 5.74) is 0.611. The van der Waals surface area contributed by atoms with Crippen molar-refractivity contribution in [2.45, 2.75) is 31.8 Å². The second-order valence-corrected chi connectivity index (χ2v) is 6.89. The first-order valence-corrected chi connectivity index (χ1v) is 8.33. The van der Waals surface area contributed by atoms with Gasteiger partial charge in [0.25, 0.3) is 0 Å². The van der Waals surface area contributed by atoms with E-state index in [1.165, 1.54) is 0 Å². The standard InChI is InChI=1S/C12H22N4O3S/c1-3-16-5-4-10(7-16)6-13-20(18,19)12-9(2)14-15-11(12)8-17/h10,13,17H,3-8H2,1-2H3,(H,14,15). The van der Waals surface area contributed by atoms with Gasteiger partial charge >= 0.3 is 0 Å². The third-order valence-electron chi connectivity index (χ3n) is 3.76. The number of aromatic amines is 1. The highest BCUT2D eigenvalue weighted by Crippen LogP contribution is 2.19. The van der Waals surface area contributed by atoms with Crippen LogP contribution in [0.25, 0.3) is 0 Å². The van der Waals surface area contributed by atoms with Crippen LogP contribution in [-0.4, -0.2) is 54.8 Å². The van der Waals surface area contributed by atoms with E-state index in [1.807, 2.05) is 0 Å². The Balaban J connectivity index is 2.03. The molecule has 1 atom stereocenters. The lowest BCUT2D eigenvalue weighted by Gasteiger charge is -2.14. The van der Waals surface area contributed by atoms with E-state index in [2.05, 4.69) is 26.7 Å². The van der Waals surface area contributed by atoms with Crippen molar-refractivity contribution in [1.82, 2.24) is 19.8 Å². The fourth-order valence-electron chi connectivity index (χ4n) is 2.60. The molecule has 0 aromatic carbocycles. The van der Waals surface area contributed by atoms with Gasteiger partial charge in [-0.25, -0.2) is 13.1 Å². The Morgan fingerprint density at radius 2 is 2.30 bits per heavy atom. The summed E-state index contributed by atoms with van der Waals surface area (Å²) in [5.74, 6) is 0.342. The lowest BCUT2D eigenvalue weighted by Crippen LogP contribution is -2.31. The van der Waals surface area contributed by atoms with E-state index >= 15 is 0 Å². The largest absolute Gasteiger partial charge is 0.390 e. The number of hydrogen-bond acceptors (Lipinski definition) is 5. The minimum atomic E-state index is -3.62. The number of H-pyrrole nitrogens is 1. The fraction of sp³-hybridized carbons (Fsp3) is 0.750.